The number of hydrogen-bond acceptors (Lipinski definition) is 3. The second kappa shape index (κ2) is 8.11. The number of para-hydroxylation sites is 1. The first-order chi connectivity index (χ1) is 11.4. The van der Waals surface area contributed by atoms with E-state index in [1.54, 1.807) is 25.1 Å². The average Bonchev–Trinajstić information content (AvgIpc) is 2.60. The SMILES string of the molecule is COc1ccccc1[C@H](C)N(C)C(=O)C[S@@](=O)c1cccc(C)c1. The van der Waals surface area contributed by atoms with Gasteiger partial charge in [-0.2, -0.15) is 0 Å². The minimum absolute atomic E-state index is 0.0283. The van der Waals surface area contributed by atoms with Gasteiger partial charge in [-0.15, -0.1) is 0 Å². The monoisotopic (exact) mass is 345 g/mol. The van der Waals surface area contributed by atoms with Crippen LogP contribution in [0.1, 0.15) is 24.1 Å². The summed E-state index contributed by atoms with van der Waals surface area (Å²) in [7, 11) is 1.99. The van der Waals surface area contributed by atoms with Crippen LogP contribution in [-0.4, -0.2) is 34.9 Å². The standard InChI is InChI=1S/C19H23NO3S/c1-14-8-7-9-16(12-14)24(22)13-19(21)20(3)15(2)17-10-5-6-11-18(17)23-4/h5-12,15H,13H2,1-4H3/t15-,24+/m0/s1. The van der Waals surface area contributed by atoms with Gasteiger partial charge in [-0.1, -0.05) is 30.3 Å². The minimum Gasteiger partial charge on any atom is -0.496 e. The molecule has 2 atom stereocenters. The lowest BCUT2D eigenvalue weighted by Crippen LogP contribution is -2.33. The average molecular weight is 345 g/mol. The van der Waals surface area contributed by atoms with Gasteiger partial charge >= 0.3 is 0 Å². The number of aryl methyl sites for hydroxylation is 1. The summed E-state index contributed by atoms with van der Waals surface area (Å²) in [5.41, 5.74) is 1.96. The molecule has 0 aliphatic carbocycles. The largest absolute Gasteiger partial charge is 0.496 e. The highest BCUT2D eigenvalue weighted by molar-refractivity contribution is 7.85. The third kappa shape index (κ3) is 4.23. The van der Waals surface area contributed by atoms with Crippen LogP contribution in [0.3, 0.4) is 0 Å². The molecule has 0 radical (unpaired) electrons. The highest BCUT2D eigenvalue weighted by Crippen LogP contribution is 2.28. The number of carbonyl (C=O) groups is 1. The molecule has 0 saturated heterocycles. The van der Waals surface area contributed by atoms with Gasteiger partial charge in [-0.05, 0) is 37.6 Å². The van der Waals surface area contributed by atoms with E-state index in [1.165, 1.54) is 0 Å². The van der Waals surface area contributed by atoms with Crippen molar-refractivity contribution in [2.75, 3.05) is 19.9 Å². The molecular formula is C19H23NO3S. The van der Waals surface area contributed by atoms with Crippen LogP contribution in [0.4, 0.5) is 0 Å². The first-order valence-corrected chi connectivity index (χ1v) is 9.09. The summed E-state index contributed by atoms with van der Waals surface area (Å²) >= 11 is 0. The van der Waals surface area contributed by atoms with Crippen molar-refractivity contribution in [2.45, 2.75) is 24.8 Å². The first-order valence-electron chi connectivity index (χ1n) is 7.77. The maximum absolute atomic E-state index is 12.5. The second-order valence-electron chi connectivity index (χ2n) is 5.73. The predicted molar refractivity (Wildman–Crippen MR) is 96.6 cm³/mol. The molecule has 0 saturated carbocycles. The molecule has 0 N–H and O–H groups in total. The summed E-state index contributed by atoms with van der Waals surface area (Å²) in [6.07, 6.45) is 0. The van der Waals surface area contributed by atoms with E-state index in [2.05, 4.69) is 0 Å². The number of carbonyl (C=O) groups excluding carboxylic acids is 1. The highest BCUT2D eigenvalue weighted by atomic mass is 32.2. The lowest BCUT2D eigenvalue weighted by molar-refractivity contribution is -0.129. The van der Waals surface area contributed by atoms with Crippen molar-refractivity contribution in [3.63, 3.8) is 0 Å². The van der Waals surface area contributed by atoms with E-state index >= 15 is 0 Å². The Morgan fingerprint density at radius 1 is 1.21 bits per heavy atom. The molecule has 2 aromatic rings. The van der Waals surface area contributed by atoms with Gasteiger partial charge < -0.3 is 9.64 Å². The summed E-state index contributed by atoms with van der Waals surface area (Å²) in [6.45, 7) is 3.88. The van der Waals surface area contributed by atoms with E-state index in [4.69, 9.17) is 4.74 Å². The molecule has 2 aromatic carbocycles. The summed E-state index contributed by atoms with van der Waals surface area (Å²) in [6, 6.07) is 14.9. The number of benzene rings is 2. The molecule has 5 heteroatoms. The van der Waals surface area contributed by atoms with Crippen molar-refractivity contribution in [2.24, 2.45) is 0 Å². The maximum atomic E-state index is 12.5. The van der Waals surface area contributed by atoms with Gasteiger partial charge in [0.15, 0.2) is 0 Å². The normalized spacial score (nSPS) is 13.2. The molecule has 24 heavy (non-hydrogen) atoms. The third-order valence-electron chi connectivity index (χ3n) is 4.07. The second-order valence-corrected chi connectivity index (χ2v) is 7.18. The summed E-state index contributed by atoms with van der Waals surface area (Å²) in [4.78, 5) is 14.8. The topological polar surface area (TPSA) is 46.6 Å². The van der Waals surface area contributed by atoms with E-state index in [0.29, 0.717) is 4.90 Å². The smallest absolute Gasteiger partial charge is 0.235 e. The molecule has 0 unspecified atom stereocenters. The Morgan fingerprint density at radius 3 is 2.58 bits per heavy atom. The van der Waals surface area contributed by atoms with Crippen LogP contribution < -0.4 is 4.74 Å². The summed E-state index contributed by atoms with van der Waals surface area (Å²) in [5.74, 6) is 0.553. The number of ether oxygens (including phenoxy) is 1. The van der Waals surface area contributed by atoms with Gasteiger partial charge in [0.1, 0.15) is 11.5 Å². The van der Waals surface area contributed by atoms with Gasteiger partial charge in [-0.3, -0.25) is 9.00 Å². The fraction of sp³-hybridized carbons (Fsp3) is 0.316. The van der Waals surface area contributed by atoms with Crippen LogP contribution in [0.25, 0.3) is 0 Å². The number of rotatable bonds is 6. The Hall–Kier alpha value is -2.14. The molecular weight excluding hydrogens is 322 g/mol. The van der Waals surface area contributed by atoms with Gasteiger partial charge in [0.05, 0.1) is 24.0 Å². The molecule has 4 nitrogen and oxygen atoms in total. The molecule has 0 aliphatic rings. The molecule has 0 aromatic heterocycles. The van der Waals surface area contributed by atoms with Gasteiger partial charge in [0.2, 0.25) is 5.91 Å². The number of amides is 1. The molecule has 0 spiro atoms. The van der Waals surface area contributed by atoms with Gasteiger partial charge in [-0.25, -0.2) is 0 Å². The molecule has 128 valence electrons. The van der Waals surface area contributed by atoms with E-state index < -0.39 is 10.8 Å². The van der Waals surface area contributed by atoms with Crippen molar-refractivity contribution in [1.29, 1.82) is 0 Å². The van der Waals surface area contributed by atoms with Crippen molar-refractivity contribution in [3.05, 3.63) is 59.7 Å². The number of hydrogen-bond donors (Lipinski definition) is 0. The Morgan fingerprint density at radius 2 is 1.92 bits per heavy atom. The van der Waals surface area contributed by atoms with Crippen LogP contribution in [0.15, 0.2) is 53.4 Å². The van der Waals surface area contributed by atoms with E-state index in [1.807, 2.05) is 56.3 Å². The van der Waals surface area contributed by atoms with E-state index in [0.717, 1.165) is 16.9 Å². The molecule has 0 fully saturated rings. The Labute approximate surface area is 145 Å². The Balaban J connectivity index is 2.10. The summed E-state index contributed by atoms with van der Waals surface area (Å²) in [5, 5.41) is 0. The van der Waals surface area contributed by atoms with Gasteiger partial charge in [0.25, 0.3) is 0 Å². The molecule has 0 bridgehead atoms. The van der Waals surface area contributed by atoms with Crippen molar-refractivity contribution in [3.8, 4) is 5.75 Å². The molecule has 1 amide bonds. The van der Waals surface area contributed by atoms with Crippen LogP contribution in [0.5, 0.6) is 5.75 Å². The van der Waals surface area contributed by atoms with Crippen LogP contribution >= 0.6 is 0 Å². The van der Waals surface area contributed by atoms with E-state index in [-0.39, 0.29) is 17.7 Å². The van der Waals surface area contributed by atoms with Crippen LogP contribution in [-0.2, 0) is 15.6 Å². The zero-order chi connectivity index (χ0) is 17.7. The number of methoxy groups -OCH3 is 1. The van der Waals surface area contributed by atoms with E-state index in [9.17, 15) is 9.00 Å². The molecule has 0 heterocycles. The molecule has 0 aliphatic heterocycles. The lowest BCUT2D eigenvalue weighted by atomic mass is 10.1. The predicted octanol–water partition coefficient (Wildman–Crippen LogP) is 3.33. The van der Waals surface area contributed by atoms with Crippen molar-refractivity contribution < 1.29 is 13.7 Å². The zero-order valence-corrected chi connectivity index (χ0v) is 15.3. The van der Waals surface area contributed by atoms with Crippen LogP contribution in [0, 0.1) is 6.92 Å². The van der Waals surface area contributed by atoms with Crippen LogP contribution in [0.2, 0.25) is 0 Å². The lowest BCUT2D eigenvalue weighted by Gasteiger charge is -2.26. The minimum atomic E-state index is -1.35. The fourth-order valence-corrected chi connectivity index (χ4v) is 3.63. The number of nitrogens with zero attached hydrogens (tertiary/aromatic N) is 1. The maximum Gasteiger partial charge on any atom is 0.235 e. The first kappa shape index (κ1) is 18.2. The van der Waals surface area contributed by atoms with Crippen molar-refractivity contribution in [1.82, 2.24) is 4.90 Å². The fourth-order valence-electron chi connectivity index (χ4n) is 2.49. The van der Waals surface area contributed by atoms with Crippen molar-refractivity contribution >= 4 is 16.7 Å². The zero-order valence-electron chi connectivity index (χ0n) is 14.5. The quantitative estimate of drug-likeness (QED) is 0.807. The summed E-state index contributed by atoms with van der Waals surface area (Å²) < 4.78 is 17.8. The highest BCUT2D eigenvalue weighted by Gasteiger charge is 2.22. The Kier molecular flexibility index (Phi) is 6.15. The third-order valence-corrected chi connectivity index (χ3v) is 5.36. The Bertz CT molecular complexity index is 745. The van der Waals surface area contributed by atoms with Gasteiger partial charge in [0, 0.05) is 17.5 Å². The molecule has 2 rings (SSSR count).